The third-order valence-corrected chi connectivity index (χ3v) is 4.67. The van der Waals surface area contributed by atoms with E-state index in [-0.39, 0.29) is 5.69 Å². The lowest BCUT2D eigenvalue weighted by atomic mass is 9.99. The summed E-state index contributed by atoms with van der Waals surface area (Å²) in [6.45, 7) is 2.74. The van der Waals surface area contributed by atoms with Gasteiger partial charge in [-0.15, -0.1) is 0 Å². The summed E-state index contributed by atoms with van der Waals surface area (Å²) in [6.07, 6.45) is 4.69. The van der Waals surface area contributed by atoms with Crippen LogP contribution < -0.4 is 11.0 Å². The molecule has 1 aromatic carbocycles. The zero-order valence-corrected chi connectivity index (χ0v) is 12.7. The molecule has 4 rings (SSSR count). The molecule has 2 fully saturated rings. The van der Waals surface area contributed by atoms with Gasteiger partial charge < -0.3 is 5.32 Å². The quantitative estimate of drug-likeness (QED) is 0.938. The second-order valence-corrected chi connectivity index (χ2v) is 6.48. The van der Waals surface area contributed by atoms with Gasteiger partial charge in [-0.25, -0.2) is 14.0 Å². The number of hydrogen-bond acceptors (Lipinski definition) is 3. The predicted octanol–water partition coefficient (Wildman–Crippen LogP) is 1.91. The first-order chi connectivity index (χ1) is 10.8. The minimum atomic E-state index is 0.0127. The number of nitrogens with one attached hydrogen (secondary N) is 1. The number of aromatic nitrogens is 3. The van der Waals surface area contributed by atoms with E-state index in [1.807, 2.05) is 34.9 Å². The van der Waals surface area contributed by atoms with E-state index in [0.29, 0.717) is 11.8 Å². The summed E-state index contributed by atoms with van der Waals surface area (Å²) in [5.41, 5.74) is 0.939. The van der Waals surface area contributed by atoms with E-state index in [9.17, 15) is 4.79 Å². The van der Waals surface area contributed by atoms with E-state index in [2.05, 4.69) is 5.32 Å². The van der Waals surface area contributed by atoms with E-state index in [4.69, 9.17) is 5.10 Å². The number of hydrogen-bond donors (Lipinski definition) is 1. The number of para-hydroxylation sites is 1. The molecule has 2 heterocycles. The molecule has 0 unspecified atom stereocenters. The number of piperidine rings is 1. The van der Waals surface area contributed by atoms with Gasteiger partial charge in [0, 0.05) is 19.0 Å². The Morgan fingerprint density at radius 3 is 2.68 bits per heavy atom. The van der Waals surface area contributed by atoms with Gasteiger partial charge in [-0.1, -0.05) is 18.2 Å². The first-order valence-electron chi connectivity index (χ1n) is 8.29. The summed E-state index contributed by atoms with van der Waals surface area (Å²) in [5.74, 6) is 1.89. The molecule has 1 saturated carbocycles. The van der Waals surface area contributed by atoms with Gasteiger partial charge in [0.1, 0.15) is 5.82 Å². The molecular weight excluding hydrogens is 276 g/mol. The van der Waals surface area contributed by atoms with Crippen LogP contribution >= 0.6 is 0 Å². The molecule has 2 aliphatic rings. The highest BCUT2D eigenvalue weighted by Crippen LogP contribution is 2.30. The van der Waals surface area contributed by atoms with Gasteiger partial charge in [-0.05, 0) is 50.3 Å². The molecule has 0 spiro atoms. The number of benzene rings is 1. The highest BCUT2D eigenvalue weighted by molar-refractivity contribution is 5.33. The first-order valence-corrected chi connectivity index (χ1v) is 8.29. The highest BCUT2D eigenvalue weighted by Gasteiger charge is 2.28. The van der Waals surface area contributed by atoms with Crippen LogP contribution in [0.25, 0.3) is 5.69 Å². The lowest BCUT2D eigenvalue weighted by Gasteiger charge is -2.22. The summed E-state index contributed by atoms with van der Waals surface area (Å²) >= 11 is 0. The number of rotatable bonds is 4. The van der Waals surface area contributed by atoms with Crippen molar-refractivity contribution in [2.75, 3.05) is 13.1 Å². The van der Waals surface area contributed by atoms with Crippen molar-refractivity contribution in [3.05, 3.63) is 46.6 Å². The van der Waals surface area contributed by atoms with Crippen molar-refractivity contribution in [2.24, 2.45) is 5.92 Å². The van der Waals surface area contributed by atoms with Crippen molar-refractivity contribution in [3.8, 4) is 5.69 Å². The molecule has 22 heavy (non-hydrogen) atoms. The fourth-order valence-electron chi connectivity index (χ4n) is 3.24. The van der Waals surface area contributed by atoms with Gasteiger partial charge in [0.2, 0.25) is 0 Å². The molecule has 1 saturated heterocycles. The van der Waals surface area contributed by atoms with Crippen molar-refractivity contribution in [2.45, 2.75) is 38.1 Å². The van der Waals surface area contributed by atoms with Gasteiger partial charge in [0.15, 0.2) is 0 Å². The lowest BCUT2D eigenvalue weighted by Crippen LogP contribution is -2.31. The third-order valence-electron chi connectivity index (χ3n) is 4.67. The molecule has 5 heteroatoms. The Balaban J connectivity index is 1.78. The molecule has 1 aliphatic carbocycles. The van der Waals surface area contributed by atoms with Crippen LogP contribution in [0.3, 0.4) is 0 Å². The van der Waals surface area contributed by atoms with Gasteiger partial charge in [-0.3, -0.25) is 0 Å². The van der Waals surface area contributed by atoms with Crippen LogP contribution in [-0.4, -0.2) is 27.4 Å². The van der Waals surface area contributed by atoms with Crippen molar-refractivity contribution >= 4 is 0 Å². The molecule has 1 atom stereocenters. The maximum atomic E-state index is 12.8. The first kappa shape index (κ1) is 13.8. The van der Waals surface area contributed by atoms with E-state index in [1.165, 1.54) is 12.8 Å². The average molecular weight is 298 g/mol. The topological polar surface area (TPSA) is 51.9 Å². The molecule has 0 radical (unpaired) electrons. The average Bonchev–Trinajstić information content (AvgIpc) is 3.33. The normalized spacial score (nSPS) is 21.9. The Morgan fingerprint density at radius 1 is 1.18 bits per heavy atom. The van der Waals surface area contributed by atoms with Crippen LogP contribution in [0.15, 0.2) is 35.1 Å². The Hall–Kier alpha value is -1.88. The molecule has 0 amide bonds. The minimum Gasteiger partial charge on any atom is -0.316 e. The van der Waals surface area contributed by atoms with Gasteiger partial charge in [0.25, 0.3) is 0 Å². The van der Waals surface area contributed by atoms with Crippen LogP contribution in [0.4, 0.5) is 0 Å². The van der Waals surface area contributed by atoms with Crippen LogP contribution in [0.2, 0.25) is 0 Å². The number of nitrogens with zero attached hydrogens (tertiary/aromatic N) is 3. The maximum absolute atomic E-state index is 12.8. The highest BCUT2D eigenvalue weighted by atomic mass is 16.2. The van der Waals surface area contributed by atoms with E-state index < -0.39 is 0 Å². The Labute approximate surface area is 130 Å². The van der Waals surface area contributed by atoms with Crippen molar-refractivity contribution in [1.29, 1.82) is 0 Å². The van der Waals surface area contributed by atoms with E-state index >= 15 is 0 Å². The molecule has 1 aromatic heterocycles. The molecule has 5 nitrogen and oxygen atoms in total. The molecule has 2 aromatic rings. The summed E-state index contributed by atoms with van der Waals surface area (Å²) in [5, 5.41) is 8.15. The van der Waals surface area contributed by atoms with Crippen LogP contribution in [0, 0.1) is 5.92 Å². The molecule has 116 valence electrons. The molecule has 1 N–H and O–H groups in total. The van der Waals surface area contributed by atoms with Crippen molar-refractivity contribution < 1.29 is 0 Å². The zero-order valence-electron chi connectivity index (χ0n) is 12.7. The van der Waals surface area contributed by atoms with Crippen LogP contribution in [-0.2, 0) is 6.54 Å². The van der Waals surface area contributed by atoms with Gasteiger partial charge in [-0.2, -0.15) is 5.10 Å². The molecule has 0 bridgehead atoms. The fourth-order valence-corrected chi connectivity index (χ4v) is 3.24. The van der Waals surface area contributed by atoms with Crippen LogP contribution in [0.1, 0.15) is 37.4 Å². The Kier molecular flexibility index (Phi) is 3.58. The fraction of sp³-hybridized carbons (Fsp3) is 0.529. The SMILES string of the molecule is O=c1n(CC2CC2)nc([C@@H]2CCCNC2)n1-c1ccccc1. The summed E-state index contributed by atoms with van der Waals surface area (Å²) in [4.78, 5) is 12.8. The third kappa shape index (κ3) is 2.61. The largest absolute Gasteiger partial charge is 0.350 e. The monoisotopic (exact) mass is 298 g/mol. The summed E-state index contributed by atoms with van der Waals surface area (Å²) < 4.78 is 3.51. The van der Waals surface area contributed by atoms with Crippen molar-refractivity contribution in [1.82, 2.24) is 19.7 Å². The standard InChI is InChI=1S/C17H22N4O/c22-17-20(12-13-8-9-13)19-16(14-5-4-10-18-11-14)21(17)15-6-2-1-3-7-15/h1-3,6-7,13-14,18H,4-5,8-12H2/t14-/m1/s1. The Morgan fingerprint density at radius 2 is 2.00 bits per heavy atom. The van der Waals surface area contributed by atoms with E-state index in [0.717, 1.165) is 44.0 Å². The zero-order chi connectivity index (χ0) is 14.9. The lowest BCUT2D eigenvalue weighted by molar-refractivity contribution is 0.437. The van der Waals surface area contributed by atoms with Crippen molar-refractivity contribution in [3.63, 3.8) is 0 Å². The smallest absolute Gasteiger partial charge is 0.316 e. The van der Waals surface area contributed by atoms with Crippen LogP contribution in [0.5, 0.6) is 0 Å². The Bertz CT molecular complexity index is 693. The maximum Gasteiger partial charge on any atom is 0.350 e. The molecular formula is C17H22N4O. The van der Waals surface area contributed by atoms with Gasteiger partial charge >= 0.3 is 5.69 Å². The predicted molar refractivity (Wildman–Crippen MR) is 85.4 cm³/mol. The summed E-state index contributed by atoms with van der Waals surface area (Å²) in [6, 6.07) is 9.91. The summed E-state index contributed by atoms with van der Waals surface area (Å²) in [7, 11) is 0. The second-order valence-electron chi connectivity index (χ2n) is 6.48. The van der Waals surface area contributed by atoms with Gasteiger partial charge in [0.05, 0.1) is 5.69 Å². The second kappa shape index (κ2) is 5.72. The minimum absolute atomic E-state index is 0.0127. The molecule has 1 aliphatic heterocycles. The van der Waals surface area contributed by atoms with E-state index in [1.54, 1.807) is 4.68 Å².